The van der Waals surface area contributed by atoms with Gasteiger partial charge in [-0.15, -0.1) is 0 Å². The number of nitrogens with two attached hydrogens (primary N) is 1. The van der Waals surface area contributed by atoms with Crippen LogP contribution in [0.2, 0.25) is 0 Å². The van der Waals surface area contributed by atoms with Crippen LogP contribution in [-0.4, -0.2) is 76.0 Å². The second-order valence-electron chi connectivity index (χ2n) is 7.98. The lowest BCUT2D eigenvalue weighted by molar-refractivity contribution is -0.144. The molecule has 0 fully saturated rings. The van der Waals surface area contributed by atoms with E-state index in [4.69, 9.17) is 10.8 Å². The SMILES string of the molecule is CCC(C)C(NC(=O)C(CC(=O)O)NC(=O)C(CCSC)NC(=O)C(N)C(C)C)C(=O)O. The van der Waals surface area contributed by atoms with E-state index < -0.39 is 66.2 Å². The first-order chi connectivity index (χ1) is 14.8. The van der Waals surface area contributed by atoms with Crippen molar-refractivity contribution in [3.63, 3.8) is 0 Å². The van der Waals surface area contributed by atoms with Crippen LogP contribution in [0.15, 0.2) is 0 Å². The number of thioether (sulfide) groups is 1. The second-order valence-corrected chi connectivity index (χ2v) is 8.97. The number of nitrogens with one attached hydrogen (secondary N) is 3. The molecule has 0 aliphatic carbocycles. The fourth-order valence-electron chi connectivity index (χ4n) is 2.67. The van der Waals surface area contributed by atoms with Crippen molar-refractivity contribution in [2.75, 3.05) is 12.0 Å². The first kappa shape index (κ1) is 29.7. The van der Waals surface area contributed by atoms with Crippen molar-refractivity contribution >= 4 is 41.4 Å². The Bertz CT molecular complexity index is 674. The van der Waals surface area contributed by atoms with Crippen LogP contribution in [0.1, 0.15) is 47.0 Å². The third-order valence-corrected chi connectivity index (χ3v) is 5.70. The predicted octanol–water partition coefficient (Wildman–Crippen LogP) is -0.217. The van der Waals surface area contributed by atoms with E-state index in [2.05, 4.69) is 16.0 Å². The summed E-state index contributed by atoms with van der Waals surface area (Å²) in [6.45, 7) is 6.90. The van der Waals surface area contributed by atoms with Crippen LogP contribution >= 0.6 is 11.8 Å². The molecule has 11 nitrogen and oxygen atoms in total. The minimum atomic E-state index is -1.52. The molecule has 184 valence electrons. The fourth-order valence-corrected chi connectivity index (χ4v) is 3.14. The van der Waals surface area contributed by atoms with Gasteiger partial charge in [0.15, 0.2) is 0 Å². The van der Waals surface area contributed by atoms with Gasteiger partial charge in [-0.2, -0.15) is 11.8 Å². The minimum absolute atomic E-state index is 0.168. The van der Waals surface area contributed by atoms with Crippen molar-refractivity contribution < 1.29 is 34.2 Å². The van der Waals surface area contributed by atoms with Gasteiger partial charge in [-0.1, -0.05) is 34.1 Å². The van der Waals surface area contributed by atoms with Gasteiger partial charge in [0.25, 0.3) is 0 Å². The van der Waals surface area contributed by atoms with Crippen molar-refractivity contribution in [2.24, 2.45) is 17.6 Å². The van der Waals surface area contributed by atoms with Crippen LogP contribution < -0.4 is 21.7 Å². The highest BCUT2D eigenvalue weighted by molar-refractivity contribution is 7.98. The Morgan fingerprint density at radius 2 is 1.44 bits per heavy atom. The maximum atomic E-state index is 12.8. The first-order valence-electron chi connectivity index (χ1n) is 10.5. The summed E-state index contributed by atoms with van der Waals surface area (Å²) in [7, 11) is 0. The molecular weight excluding hydrogens is 440 g/mol. The zero-order valence-electron chi connectivity index (χ0n) is 19.2. The molecule has 32 heavy (non-hydrogen) atoms. The van der Waals surface area contributed by atoms with Gasteiger partial charge in [0.1, 0.15) is 18.1 Å². The van der Waals surface area contributed by atoms with E-state index in [1.54, 1.807) is 27.7 Å². The summed E-state index contributed by atoms with van der Waals surface area (Å²) in [5, 5.41) is 25.7. The molecule has 0 saturated carbocycles. The highest BCUT2D eigenvalue weighted by atomic mass is 32.2. The molecule has 0 heterocycles. The number of hydrogen-bond donors (Lipinski definition) is 6. The van der Waals surface area contributed by atoms with Gasteiger partial charge in [-0.3, -0.25) is 19.2 Å². The third-order valence-electron chi connectivity index (χ3n) is 5.05. The van der Waals surface area contributed by atoms with Crippen molar-refractivity contribution in [2.45, 2.75) is 71.1 Å². The number of carbonyl (C=O) groups excluding carboxylic acids is 3. The van der Waals surface area contributed by atoms with Gasteiger partial charge in [0.2, 0.25) is 17.7 Å². The average Bonchev–Trinajstić information content (AvgIpc) is 2.71. The lowest BCUT2D eigenvalue weighted by atomic mass is 9.98. The minimum Gasteiger partial charge on any atom is -0.481 e. The van der Waals surface area contributed by atoms with Gasteiger partial charge in [-0.25, -0.2) is 4.79 Å². The van der Waals surface area contributed by atoms with E-state index in [9.17, 15) is 29.1 Å². The molecule has 0 bridgehead atoms. The fraction of sp³-hybridized carbons (Fsp3) is 0.750. The summed E-state index contributed by atoms with van der Waals surface area (Å²) in [6.07, 6.45) is 1.76. The van der Waals surface area contributed by atoms with Gasteiger partial charge < -0.3 is 31.9 Å². The zero-order valence-corrected chi connectivity index (χ0v) is 20.0. The number of carbonyl (C=O) groups is 5. The first-order valence-corrected chi connectivity index (χ1v) is 11.8. The quantitative estimate of drug-likeness (QED) is 0.186. The number of rotatable bonds is 15. The van der Waals surface area contributed by atoms with Gasteiger partial charge in [0.05, 0.1) is 12.5 Å². The highest BCUT2D eigenvalue weighted by Gasteiger charge is 2.33. The maximum absolute atomic E-state index is 12.8. The number of carboxylic acids is 2. The highest BCUT2D eigenvalue weighted by Crippen LogP contribution is 2.09. The largest absolute Gasteiger partial charge is 0.481 e. The number of hydrogen-bond acceptors (Lipinski definition) is 7. The molecule has 0 saturated heterocycles. The Hall–Kier alpha value is -2.34. The Morgan fingerprint density at radius 3 is 1.88 bits per heavy atom. The molecule has 5 unspecified atom stereocenters. The maximum Gasteiger partial charge on any atom is 0.326 e. The molecule has 0 radical (unpaired) electrons. The van der Waals surface area contributed by atoms with E-state index in [1.165, 1.54) is 11.8 Å². The standard InChI is InChI=1S/C20H36N4O7S/c1-6-11(4)16(20(30)31)24-18(28)13(9-14(25)26)23-17(27)12(7-8-32-5)22-19(29)15(21)10(2)3/h10-13,15-16H,6-9,21H2,1-5H3,(H,22,29)(H,23,27)(H,24,28)(H,25,26)(H,30,31). The lowest BCUT2D eigenvalue weighted by Gasteiger charge is -2.26. The second kappa shape index (κ2) is 14.7. The van der Waals surface area contributed by atoms with Crippen molar-refractivity contribution in [1.82, 2.24) is 16.0 Å². The molecule has 5 atom stereocenters. The molecule has 0 aromatic heterocycles. The number of amides is 3. The van der Waals surface area contributed by atoms with E-state index in [-0.39, 0.29) is 12.3 Å². The smallest absolute Gasteiger partial charge is 0.326 e. The van der Waals surface area contributed by atoms with E-state index in [1.807, 2.05) is 6.26 Å². The Kier molecular flexibility index (Phi) is 13.6. The summed E-state index contributed by atoms with van der Waals surface area (Å²) >= 11 is 1.44. The molecule has 0 spiro atoms. The van der Waals surface area contributed by atoms with Gasteiger partial charge >= 0.3 is 11.9 Å². The van der Waals surface area contributed by atoms with E-state index in [0.717, 1.165) is 0 Å². The van der Waals surface area contributed by atoms with Crippen LogP contribution in [0, 0.1) is 11.8 Å². The van der Waals surface area contributed by atoms with Crippen molar-refractivity contribution in [1.29, 1.82) is 0 Å². The molecule has 0 aliphatic rings. The van der Waals surface area contributed by atoms with Crippen LogP contribution in [0.25, 0.3) is 0 Å². The molecule has 0 aromatic rings. The number of carboxylic acid groups (broad SMARTS) is 2. The van der Waals surface area contributed by atoms with E-state index >= 15 is 0 Å². The Morgan fingerprint density at radius 1 is 0.906 bits per heavy atom. The van der Waals surface area contributed by atoms with E-state index in [0.29, 0.717) is 12.2 Å². The predicted molar refractivity (Wildman–Crippen MR) is 121 cm³/mol. The third kappa shape index (κ3) is 10.3. The van der Waals surface area contributed by atoms with Crippen LogP contribution in [0.4, 0.5) is 0 Å². The van der Waals surface area contributed by atoms with Crippen LogP contribution in [-0.2, 0) is 24.0 Å². The Balaban J connectivity index is 5.54. The van der Waals surface area contributed by atoms with Crippen LogP contribution in [0.5, 0.6) is 0 Å². The molecule has 0 aromatic carbocycles. The number of aliphatic carboxylic acids is 2. The van der Waals surface area contributed by atoms with Crippen molar-refractivity contribution in [3.05, 3.63) is 0 Å². The zero-order chi connectivity index (χ0) is 25.0. The lowest BCUT2D eigenvalue weighted by Crippen LogP contribution is -2.58. The summed E-state index contributed by atoms with van der Waals surface area (Å²) in [5.74, 6) is -4.90. The molecule has 12 heteroatoms. The summed E-state index contributed by atoms with van der Waals surface area (Å²) in [6, 6.07) is -4.63. The molecule has 7 N–H and O–H groups in total. The monoisotopic (exact) mass is 476 g/mol. The Labute approximate surface area is 192 Å². The topological polar surface area (TPSA) is 188 Å². The molecule has 0 rings (SSSR count). The normalized spacial score (nSPS) is 15.7. The molecule has 3 amide bonds. The summed E-state index contributed by atoms with van der Waals surface area (Å²) < 4.78 is 0. The van der Waals surface area contributed by atoms with Crippen LogP contribution in [0.3, 0.4) is 0 Å². The summed E-state index contributed by atoms with van der Waals surface area (Å²) in [4.78, 5) is 60.5. The van der Waals surface area contributed by atoms with Gasteiger partial charge in [-0.05, 0) is 30.3 Å². The molecule has 0 aliphatic heterocycles. The van der Waals surface area contributed by atoms with Crippen molar-refractivity contribution in [3.8, 4) is 0 Å². The molecular formula is C20H36N4O7S. The van der Waals surface area contributed by atoms with Gasteiger partial charge in [0, 0.05) is 0 Å². The summed E-state index contributed by atoms with van der Waals surface area (Å²) in [5.41, 5.74) is 5.83. The average molecular weight is 477 g/mol.